The number of halogens is 3. The van der Waals surface area contributed by atoms with Gasteiger partial charge in [0.05, 0.1) is 20.0 Å². The zero-order valence-electron chi connectivity index (χ0n) is 9.77. The van der Waals surface area contributed by atoms with Gasteiger partial charge < -0.3 is 10.5 Å². The SMILES string of the molecule is Nc1cc(Cl)c(Oc2ccc([N+](=O)[O-])cc2Cl)c(Cl)c1. The molecule has 0 saturated carbocycles. The van der Waals surface area contributed by atoms with Gasteiger partial charge in [-0.2, -0.15) is 0 Å². The second-order valence-corrected chi connectivity index (χ2v) is 5.01. The first-order chi connectivity index (χ1) is 9.38. The highest BCUT2D eigenvalue weighted by Crippen LogP contribution is 2.40. The summed E-state index contributed by atoms with van der Waals surface area (Å²) in [5, 5.41) is 11.1. The van der Waals surface area contributed by atoms with Crippen molar-refractivity contribution in [2.75, 3.05) is 5.73 Å². The maximum Gasteiger partial charge on any atom is 0.271 e. The zero-order valence-corrected chi connectivity index (χ0v) is 12.0. The minimum Gasteiger partial charge on any atom is -0.453 e. The lowest BCUT2D eigenvalue weighted by atomic mass is 10.3. The molecule has 0 heterocycles. The molecule has 2 aromatic carbocycles. The Bertz CT molecular complexity index is 669. The highest BCUT2D eigenvalue weighted by molar-refractivity contribution is 6.37. The fourth-order valence-corrected chi connectivity index (χ4v) is 2.27. The summed E-state index contributed by atoms with van der Waals surface area (Å²) in [7, 11) is 0. The molecule has 0 radical (unpaired) electrons. The summed E-state index contributed by atoms with van der Waals surface area (Å²) >= 11 is 17.9. The summed E-state index contributed by atoms with van der Waals surface area (Å²) in [5.74, 6) is 0.379. The Morgan fingerprint density at radius 3 is 2.15 bits per heavy atom. The van der Waals surface area contributed by atoms with Gasteiger partial charge in [-0.1, -0.05) is 34.8 Å². The van der Waals surface area contributed by atoms with Crippen LogP contribution >= 0.6 is 34.8 Å². The molecule has 0 spiro atoms. The minimum absolute atomic E-state index is 0.0724. The van der Waals surface area contributed by atoms with Crippen LogP contribution in [0.4, 0.5) is 11.4 Å². The fourth-order valence-electron chi connectivity index (χ4n) is 1.47. The predicted molar refractivity (Wildman–Crippen MR) is 79.1 cm³/mol. The van der Waals surface area contributed by atoms with E-state index in [0.717, 1.165) is 0 Å². The van der Waals surface area contributed by atoms with Crippen molar-refractivity contribution in [3.8, 4) is 11.5 Å². The van der Waals surface area contributed by atoms with Crippen LogP contribution in [0.2, 0.25) is 15.1 Å². The number of nitrogens with two attached hydrogens (primary N) is 1. The number of hydrogen-bond acceptors (Lipinski definition) is 4. The van der Waals surface area contributed by atoms with Gasteiger partial charge in [-0.25, -0.2) is 0 Å². The molecular weight excluding hydrogens is 327 g/mol. The van der Waals surface area contributed by atoms with E-state index < -0.39 is 4.92 Å². The molecule has 0 amide bonds. The number of benzene rings is 2. The van der Waals surface area contributed by atoms with Crippen LogP contribution < -0.4 is 10.5 Å². The van der Waals surface area contributed by atoms with Gasteiger partial charge in [-0.05, 0) is 18.2 Å². The molecular formula is C12H7Cl3N2O3. The topological polar surface area (TPSA) is 78.4 Å². The third-order valence-electron chi connectivity index (χ3n) is 2.36. The van der Waals surface area contributed by atoms with Crippen LogP contribution in [0.1, 0.15) is 0 Å². The maximum absolute atomic E-state index is 10.6. The molecule has 2 N–H and O–H groups in total. The molecule has 5 nitrogen and oxygen atoms in total. The number of nitrogens with zero attached hydrogens (tertiary/aromatic N) is 1. The second-order valence-electron chi connectivity index (χ2n) is 3.79. The summed E-state index contributed by atoms with van der Waals surface area (Å²) in [4.78, 5) is 10.1. The number of nitrogen functional groups attached to an aromatic ring is 1. The minimum atomic E-state index is -0.557. The molecule has 2 rings (SSSR count). The number of ether oxygens (including phenoxy) is 1. The van der Waals surface area contributed by atoms with E-state index >= 15 is 0 Å². The first-order valence-electron chi connectivity index (χ1n) is 5.25. The predicted octanol–water partition coefficient (Wildman–Crippen LogP) is 4.93. The van der Waals surface area contributed by atoms with Crippen LogP contribution in [0.25, 0.3) is 0 Å². The monoisotopic (exact) mass is 332 g/mol. The average molecular weight is 334 g/mol. The van der Waals surface area contributed by atoms with Crippen molar-refractivity contribution in [1.82, 2.24) is 0 Å². The van der Waals surface area contributed by atoms with Crippen LogP contribution in [0.5, 0.6) is 11.5 Å². The number of nitro benzene ring substituents is 1. The van der Waals surface area contributed by atoms with Crippen molar-refractivity contribution in [2.45, 2.75) is 0 Å². The van der Waals surface area contributed by atoms with Gasteiger partial charge in [-0.15, -0.1) is 0 Å². The molecule has 20 heavy (non-hydrogen) atoms. The summed E-state index contributed by atoms with van der Waals surface area (Å²) in [5.41, 5.74) is 5.83. The average Bonchev–Trinajstić information content (AvgIpc) is 2.34. The first kappa shape index (κ1) is 14.7. The summed E-state index contributed by atoms with van der Waals surface area (Å²) < 4.78 is 5.49. The van der Waals surface area contributed by atoms with Gasteiger partial charge in [-0.3, -0.25) is 10.1 Å². The van der Waals surface area contributed by atoms with Crippen LogP contribution in [0.15, 0.2) is 30.3 Å². The zero-order chi connectivity index (χ0) is 14.9. The van der Waals surface area contributed by atoms with E-state index in [4.69, 9.17) is 45.3 Å². The maximum atomic E-state index is 10.6. The number of hydrogen-bond donors (Lipinski definition) is 1. The lowest BCUT2D eigenvalue weighted by molar-refractivity contribution is -0.384. The Kier molecular flexibility index (Phi) is 4.23. The Balaban J connectivity index is 2.38. The molecule has 0 atom stereocenters. The Morgan fingerprint density at radius 1 is 1.05 bits per heavy atom. The molecule has 0 aromatic heterocycles. The van der Waals surface area contributed by atoms with E-state index in [-0.39, 0.29) is 32.3 Å². The van der Waals surface area contributed by atoms with Crippen molar-refractivity contribution < 1.29 is 9.66 Å². The summed E-state index contributed by atoms with van der Waals surface area (Å²) in [6.07, 6.45) is 0. The van der Waals surface area contributed by atoms with Crippen LogP contribution in [-0.2, 0) is 0 Å². The fraction of sp³-hybridized carbons (Fsp3) is 0. The Labute approximate surface area is 129 Å². The molecule has 0 aliphatic heterocycles. The largest absolute Gasteiger partial charge is 0.453 e. The van der Waals surface area contributed by atoms with Gasteiger partial charge >= 0.3 is 0 Å². The van der Waals surface area contributed by atoms with Crippen molar-refractivity contribution in [1.29, 1.82) is 0 Å². The number of nitro groups is 1. The highest BCUT2D eigenvalue weighted by atomic mass is 35.5. The molecule has 0 saturated heterocycles. The summed E-state index contributed by atoms with van der Waals surface area (Å²) in [6.45, 7) is 0. The second kappa shape index (κ2) is 5.75. The Morgan fingerprint density at radius 2 is 1.65 bits per heavy atom. The lowest BCUT2D eigenvalue weighted by Crippen LogP contribution is -1.92. The third-order valence-corrected chi connectivity index (χ3v) is 3.22. The van der Waals surface area contributed by atoms with Gasteiger partial charge in [0.2, 0.25) is 0 Å². The van der Waals surface area contributed by atoms with E-state index in [1.54, 1.807) is 0 Å². The lowest BCUT2D eigenvalue weighted by Gasteiger charge is -2.11. The first-order valence-corrected chi connectivity index (χ1v) is 6.38. The van der Waals surface area contributed by atoms with E-state index in [9.17, 15) is 10.1 Å². The van der Waals surface area contributed by atoms with Gasteiger partial charge in [0, 0.05) is 17.8 Å². The number of rotatable bonds is 3. The molecule has 0 unspecified atom stereocenters. The standard InChI is InChI=1S/C12H7Cl3N2O3/c13-8-5-7(17(18)19)1-2-11(8)20-12-9(14)3-6(16)4-10(12)15/h1-5H,16H2. The van der Waals surface area contributed by atoms with Gasteiger partial charge in [0.15, 0.2) is 5.75 Å². The van der Waals surface area contributed by atoms with Gasteiger partial charge in [0.1, 0.15) is 5.75 Å². The van der Waals surface area contributed by atoms with E-state index in [0.29, 0.717) is 5.69 Å². The van der Waals surface area contributed by atoms with E-state index in [1.807, 2.05) is 0 Å². The normalized spacial score (nSPS) is 10.3. The van der Waals surface area contributed by atoms with Crippen molar-refractivity contribution in [3.05, 3.63) is 55.5 Å². The number of non-ortho nitro benzene ring substituents is 1. The third kappa shape index (κ3) is 3.07. The van der Waals surface area contributed by atoms with Gasteiger partial charge in [0.25, 0.3) is 5.69 Å². The van der Waals surface area contributed by atoms with E-state index in [1.165, 1.54) is 30.3 Å². The van der Waals surface area contributed by atoms with E-state index in [2.05, 4.69) is 0 Å². The van der Waals surface area contributed by atoms with Crippen LogP contribution in [0, 0.1) is 10.1 Å². The molecule has 0 bridgehead atoms. The molecule has 8 heteroatoms. The van der Waals surface area contributed by atoms with Crippen molar-refractivity contribution in [2.24, 2.45) is 0 Å². The molecule has 104 valence electrons. The van der Waals surface area contributed by atoms with Crippen molar-refractivity contribution in [3.63, 3.8) is 0 Å². The molecule has 0 aliphatic rings. The number of anilines is 1. The highest BCUT2D eigenvalue weighted by Gasteiger charge is 2.14. The van der Waals surface area contributed by atoms with Crippen LogP contribution in [-0.4, -0.2) is 4.92 Å². The molecule has 0 fully saturated rings. The molecule has 2 aromatic rings. The van der Waals surface area contributed by atoms with Crippen molar-refractivity contribution >= 4 is 46.2 Å². The van der Waals surface area contributed by atoms with Crippen LogP contribution in [0.3, 0.4) is 0 Å². The quantitative estimate of drug-likeness (QED) is 0.491. The summed E-state index contributed by atoms with van der Waals surface area (Å²) in [6, 6.07) is 6.75. The molecule has 0 aliphatic carbocycles. The Hall–Kier alpha value is -1.69. The smallest absolute Gasteiger partial charge is 0.271 e.